The maximum atomic E-state index is 10.9. The first-order valence-corrected chi connectivity index (χ1v) is 11.7. The molecule has 0 amide bonds. The van der Waals surface area contributed by atoms with E-state index in [-0.39, 0.29) is 6.42 Å². The Balaban J connectivity index is 1.82. The van der Waals surface area contributed by atoms with E-state index < -0.39 is 5.97 Å². The van der Waals surface area contributed by atoms with Gasteiger partial charge < -0.3 is 9.84 Å². The summed E-state index contributed by atoms with van der Waals surface area (Å²) in [5, 5.41) is 8.93. The summed E-state index contributed by atoms with van der Waals surface area (Å²) >= 11 is 8.07. The lowest BCUT2D eigenvalue weighted by Gasteiger charge is -2.11. The predicted molar refractivity (Wildman–Crippen MR) is 136 cm³/mol. The number of carboxylic acids is 1. The number of benzene rings is 3. The van der Waals surface area contributed by atoms with Gasteiger partial charge in [-0.05, 0) is 126 Å². The van der Waals surface area contributed by atoms with E-state index in [0.29, 0.717) is 12.4 Å². The van der Waals surface area contributed by atoms with Gasteiger partial charge in [0.25, 0.3) is 0 Å². The summed E-state index contributed by atoms with van der Waals surface area (Å²) in [6.07, 6.45) is 2.06. The van der Waals surface area contributed by atoms with Crippen molar-refractivity contribution in [2.24, 2.45) is 0 Å². The van der Waals surface area contributed by atoms with E-state index in [9.17, 15) is 4.79 Å². The number of hydrogen-bond acceptors (Lipinski definition) is 2. The minimum atomic E-state index is -0.854. The molecule has 0 saturated heterocycles. The first-order valence-electron chi connectivity index (χ1n) is 8.77. The molecule has 1 N–H and O–H groups in total. The quantitative estimate of drug-likeness (QED) is 0.281. The molecular weight excluding hydrogens is 658 g/mol. The molecule has 3 aromatic rings. The molecule has 0 aliphatic carbocycles. The van der Waals surface area contributed by atoms with Gasteiger partial charge in [-0.2, -0.15) is 0 Å². The number of aliphatic carboxylic acids is 1. The fourth-order valence-electron chi connectivity index (χ4n) is 2.82. The van der Waals surface area contributed by atoms with Gasteiger partial charge in [-0.1, -0.05) is 30.3 Å². The average Bonchev–Trinajstić information content (AvgIpc) is 2.68. The highest BCUT2D eigenvalue weighted by Gasteiger charge is 2.08. The van der Waals surface area contributed by atoms with Gasteiger partial charge in [0.1, 0.15) is 12.4 Å². The van der Waals surface area contributed by atoms with Crippen molar-refractivity contribution in [3.05, 3.63) is 101 Å². The van der Waals surface area contributed by atoms with Crippen LogP contribution in [0, 0.1) is 7.14 Å². The maximum Gasteiger partial charge on any atom is 0.307 e. The summed E-state index contributed by atoms with van der Waals surface area (Å²) in [7, 11) is 0. The highest BCUT2D eigenvalue weighted by molar-refractivity contribution is 14.1. The smallest absolute Gasteiger partial charge is 0.307 e. The molecule has 0 heterocycles. The van der Waals surface area contributed by atoms with Crippen LogP contribution in [-0.4, -0.2) is 17.7 Å². The van der Waals surface area contributed by atoms with Crippen LogP contribution >= 0.6 is 61.1 Å². The molecular formula is C23H17BrI2O3. The Bertz CT molecular complexity index is 981. The number of ether oxygens (including phenoxy) is 1. The molecule has 3 nitrogen and oxygen atoms in total. The number of rotatable bonds is 7. The predicted octanol–water partition coefficient (Wildman–Crippen LogP) is 6.80. The normalized spacial score (nSPS) is 10.4. The topological polar surface area (TPSA) is 46.5 Å². The number of carboxylic acid groups (broad SMARTS) is 1. The third kappa shape index (κ3) is 6.55. The first kappa shape index (κ1) is 22.3. The molecule has 29 heavy (non-hydrogen) atoms. The highest BCUT2D eigenvalue weighted by Crippen LogP contribution is 2.28. The van der Waals surface area contributed by atoms with Crippen LogP contribution in [-0.2, 0) is 11.2 Å². The second-order valence-electron chi connectivity index (χ2n) is 6.28. The second-order valence-corrected chi connectivity index (χ2v) is 9.62. The van der Waals surface area contributed by atoms with Gasteiger partial charge in [0, 0.05) is 7.14 Å². The fraction of sp³-hybridized carbons (Fsp3) is 0.0870. The van der Waals surface area contributed by atoms with Crippen LogP contribution in [0.15, 0.2) is 77.3 Å². The van der Waals surface area contributed by atoms with Crippen molar-refractivity contribution in [3.63, 3.8) is 0 Å². The molecule has 0 fully saturated rings. The van der Waals surface area contributed by atoms with Crippen LogP contribution in [0.5, 0.6) is 5.75 Å². The van der Waals surface area contributed by atoms with E-state index in [1.165, 1.54) is 7.14 Å². The Labute approximate surface area is 205 Å². The van der Waals surface area contributed by atoms with Crippen LogP contribution in [0.2, 0.25) is 0 Å². The van der Waals surface area contributed by atoms with E-state index >= 15 is 0 Å². The lowest BCUT2D eigenvalue weighted by molar-refractivity contribution is -0.136. The molecule has 0 bridgehead atoms. The third-order valence-corrected chi connectivity index (χ3v) is 6.25. The van der Waals surface area contributed by atoms with E-state index in [0.717, 1.165) is 26.7 Å². The molecule has 0 aromatic heterocycles. The molecule has 0 atom stereocenters. The zero-order valence-electron chi connectivity index (χ0n) is 15.2. The molecule has 3 rings (SSSR count). The Morgan fingerprint density at radius 2 is 1.48 bits per heavy atom. The van der Waals surface area contributed by atoms with Gasteiger partial charge in [-0.15, -0.1) is 0 Å². The van der Waals surface area contributed by atoms with Crippen molar-refractivity contribution in [2.45, 2.75) is 6.42 Å². The van der Waals surface area contributed by atoms with Gasteiger partial charge in [-0.25, -0.2) is 0 Å². The molecule has 0 aliphatic rings. The van der Waals surface area contributed by atoms with Gasteiger partial charge in [0.2, 0.25) is 0 Å². The maximum absolute atomic E-state index is 10.9. The molecule has 6 heteroatoms. The van der Waals surface area contributed by atoms with Gasteiger partial charge in [0.05, 0.1) is 10.9 Å². The molecule has 0 saturated carbocycles. The van der Waals surface area contributed by atoms with E-state index in [1.807, 2.05) is 0 Å². The van der Waals surface area contributed by atoms with Crippen molar-refractivity contribution in [3.8, 4) is 5.75 Å². The van der Waals surface area contributed by atoms with Crippen molar-refractivity contribution >= 4 is 72.7 Å². The zero-order valence-corrected chi connectivity index (χ0v) is 21.1. The summed E-state index contributed by atoms with van der Waals surface area (Å²) < 4.78 is 9.07. The average molecular weight is 675 g/mol. The standard InChI is InChI=1S/C23H17BrI2O3/c24-21-13-15(14-23(27)28)1-10-22(21)29-12-11-20(16-2-6-18(25)7-3-16)17-4-8-19(26)9-5-17/h1-11,13H,12,14H2,(H,27,28). The van der Waals surface area contributed by atoms with Crippen LogP contribution < -0.4 is 4.74 Å². The summed E-state index contributed by atoms with van der Waals surface area (Å²) in [4.78, 5) is 10.9. The Morgan fingerprint density at radius 3 is 1.97 bits per heavy atom. The summed E-state index contributed by atoms with van der Waals surface area (Å²) in [5.74, 6) is -0.173. The van der Waals surface area contributed by atoms with Gasteiger partial charge >= 0.3 is 5.97 Å². The summed E-state index contributed by atoms with van der Waals surface area (Å²) in [5.41, 5.74) is 4.10. The van der Waals surface area contributed by atoms with Crippen molar-refractivity contribution in [1.29, 1.82) is 0 Å². The summed E-state index contributed by atoms with van der Waals surface area (Å²) in [6.45, 7) is 0.393. The first-order chi connectivity index (χ1) is 13.9. The van der Waals surface area contributed by atoms with Crippen LogP contribution in [0.25, 0.3) is 5.57 Å². The highest BCUT2D eigenvalue weighted by atomic mass is 127. The van der Waals surface area contributed by atoms with E-state index in [1.54, 1.807) is 18.2 Å². The molecule has 0 spiro atoms. The van der Waals surface area contributed by atoms with Crippen LogP contribution in [0.4, 0.5) is 0 Å². The monoisotopic (exact) mass is 674 g/mol. The Morgan fingerprint density at radius 1 is 0.931 bits per heavy atom. The molecule has 0 aliphatic heterocycles. The Kier molecular flexibility index (Phi) is 8.14. The van der Waals surface area contributed by atoms with E-state index in [2.05, 4.69) is 116 Å². The molecule has 148 valence electrons. The third-order valence-electron chi connectivity index (χ3n) is 4.19. The summed E-state index contributed by atoms with van der Waals surface area (Å²) in [6, 6.07) is 22.2. The Hall–Kier alpha value is -1.39. The lowest BCUT2D eigenvalue weighted by atomic mass is 9.98. The molecule has 0 unspecified atom stereocenters. The number of halogens is 3. The number of hydrogen-bond donors (Lipinski definition) is 1. The molecule has 3 aromatic carbocycles. The second kappa shape index (κ2) is 10.6. The van der Waals surface area contributed by atoms with Crippen LogP contribution in [0.1, 0.15) is 16.7 Å². The van der Waals surface area contributed by atoms with E-state index in [4.69, 9.17) is 9.84 Å². The number of carbonyl (C=O) groups is 1. The minimum Gasteiger partial charge on any atom is -0.488 e. The van der Waals surface area contributed by atoms with Crippen molar-refractivity contribution < 1.29 is 14.6 Å². The molecule has 0 radical (unpaired) electrons. The van der Waals surface area contributed by atoms with Gasteiger partial charge in [-0.3, -0.25) is 4.79 Å². The van der Waals surface area contributed by atoms with Crippen LogP contribution in [0.3, 0.4) is 0 Å². The zero-order chi connectivity index (χ0) is 20.8. The fourth-order valence-corrected chi connectivity index (χ4v) is 4.08. The van der Waals surface area contributed by atoms with Gasteiger partial charge in [0.15, 0.2) is 0 Å². The van der Waals surface area contributed by atoms with Crippen molar-refractivity contribution in [2.75, 3.05) is 6.61 Å². The SMILES string of the molecule is O=C(O)Cc1ccc(OCC=C(c2ccc(I)cc2)c2ccc(I)cc2)c(Br)c1. The van der Waals surface area contributed by atoms with Crippen molar-refractivity contribution in [1.82, 2.24) is 0 Å². The minimum absolute atomic E-state index is 0.0114. The lowest BCUT2D eigenvalue weighted by Crippen LogP contribution is -2.01. The largest absolute Gasteiger partial charge is 0.488 e.